The molecule has 0 spiro atoms. The number of rotatable bonds is 9. The number of nitrogens with two attached hydrogens (primary N) is 1. The van der Waals surface area contributed by atoms with Crippen molar-refractivity contribution in [3.63, 3.8) is 0 Å². The summed E-state index contributed by atoms with van der Waals surface area (Å²) in [7, 11) is 5.64. The van der Waals surface area contributed by atoms with E-state index in [9.17, 15) is 4.79 Å². The predicted molar refractivity (Wildman–Crippen MR) is 157 cm³/mol. The number of halogens is 1. The number of imidazole rings is 1. The number of anilines is 2. The van der Waals surface area contributed by atoms with Crippen molar-refractivity contribution in [1.82, 2.24) is 43.8 Å². The van der Waals surface area contributed by atoms with Crippen LogP contribution in [0.2, 0.25) is 0 Å². The number of fused-ring (bicyclic) bond motifs is 3. The Labute approximate surface area is 241 Å². The third kappa shape index (κ3) is 5.37. The lowest BCUT2D eigenvalue weighted by molar-refractivity contribution is 0.0786. The molecule has 1 fully saturated rings. The van der Waals surface area contributed by atoms with Gasteiger partial charge in [-0.15, -0.1) is 5.10 Å². The van der Waals surface area contributed by atoms with E-state index in [1.807, 2.05) is 28.5 Å². The van der Waals surface area contributed by atoms with Gasteiger partial charge in [0.1, 0.15) is 5.82 Å². The number of carbonyl (C=O) groups excluding carboxylic acids is 1. The van der Waals surface area contributed by atoms with Crippen LogP contribution in [0, 0.1) is 5.82 Å². The summed E-state index contributed by atoms with van der Waals surface area (Å²) < 4.78 is 24.0. The third-order valence-electron chi connectivity index (χ3n) is 7.60. The normalized spacial score (nSPS) is 14.5. The minimum Gasteiger partial charge on any atom is -0.461 e. The maximum absolute atomic E-state index is 15.1. The fraction of sp³-hybridized carbons (Fsp3) is 0.393. The Kier molecular flexibility index (Phi) is 7.47. The van der Waals surface area contributed by atoms with Gasteiger partial charge in [-0.25, -0.2) is 14.4 Å². The Hall–Kier alpha value is -4.56. The van der Waals surface area contributed by atoms with Crippen LogP contribution in [0.3, 0.4) is 0 Å². The van der Waals surface area contributed by atoms with Crippen molar-refractivity contribution >= 4 is 34.4 Å². The van der Waals surface area contributed by atoms with Crippen LogP contribution in [-0.2, 0) is 6.54 Å². The first-order valence-electron chi connectivity index (χ1n) is 13.9. The van der Waals surface area contributed by atoms with E-state index in [1.54, 1.807) is 48.8 Å². The highest BCUT2D eigenvalue weighted by Gasteiger charge is 2.22. The molecule has 0 saturated carbocycles. The lowest BCUT2D eigenvalue weighted by Crippen LogP contribution is -2.47. The van der Waals surface area contributed by atoms with Gasteiger partial charge < -0.3 is 29.4 Å². The lowest BCUT2D eigenvalue weighted by Gasteiger charge is -2.36. The van der Waals surface area contributed by atoms with Crippen molar-refractivity contribution in [3.8, 4) is 11.6 Å². The number of aromatic nitrogens is 6. The van der Waals surface area contributed by atoms with Crippen molar-refractivity contribution in [1.29, 1.82) is 0 Å². The van der Waals surface area contributed by atoms with Gasteiger partial charge in [0.25, 0.3) is 5.91 Å². The van der Waals surface area contributed by atoms with Gasteiger partial charge in [-0.2, -0.15) is 9.50 Å². The van der Waals surface area contributed by atoms with Gasteiger partial charge in [0.2, 0.25) is 11.8 Å². The number of amides is 1. The van der Waals surface area contributed by atoms with E-state index in [1.165, 1.54) is 10.6 Å². The molecule has 0 unspecified atom stereocenters. The van der Waals surface area contributed by atoms with Gasteiger partial charge in [0.15, 0.2) is 22.6 Å². The van der Waals surface area contributed by atoms with Crippen LogP contribution in [-0.4, -0.2) is 117 Å². The molecule has 1 amide bonds. The molecule has 5 heterocycles. The lowest BCUT2D eigenvalue weighted by atomic mass is 10.1. The summed E-state index contributed by atoms with van der Waals surface area (Å²) in [5.41, 5.74) is 8.86. The fourth-order valence-electron chi connectivity index (χ4n) is 5.14. The van der Waals surface area contributed by atoms with Crippen LogP contribution in [0.4, 0.5) is 16.0 Å². The summed E-state index contributed by atoms with van der Waals surface area (Å²) in [6.07, 6.45) is 3.31. The summed E-state index contributed by atoms with van der Waals surface area (Å²) in [5, 5.41) is 4.42. The Morgan fingerprint density at radius 3 is 2.57 bits per heavy atom. The molecule has 1 aromatic carbocycles. The molecule has 14 heteroatoms. The Bertz CT molecular complexity index is 1700. The second-order valence-corrected chi connectivity index (χ2v) is 10.8. The predicted octanol–water partition coefficient (Wildman–Crippen LogP) is 1.91. The Morgan fingerprint density at radius 1 is 1.05 bits per heavy atom. The SMILES string of the molecule is CN(C)CCN(C)C(=O)c1ccc(N2CCN(CCn3cnc4c3nc(N)n3nc(-c5ccco5)nc43)CC2)c(F)c1. The molecular weight excluding hydrogens is 541 g/mol. The second kappa shape index (κ2) is 11.4. The summed E-state index contributed by atoms with van der Waals surface area (Å²) in [4.78, 5) is 34.4. The molecule has 0 bridgehead atoms. The maximum Gasteiger partial charge on any atom is 0.253 e. The molecule has 1 aliphatic rings. The quantitative estimate of drug-likeness (QED) is 0.278. The second-order valence-electron chi connectivity index (χ2n) is 10.8. The minimum atomic E-state index is -0.376. The van der Waals surface area contributed by atoms with Crippen LogP contribution in [0.5, 0.6) is 0 Å². The molecule has 1 aliphatic heterocycles. The van der Waals surface area contributed by atoms with Gasteiger partial charge in [-0.1, -0.05) is 0 Å². The summed E-state index contributed by atoms with van der Waals surface area (Å²) >= 11 is 0. The van der Waals surface area contributed by atoms with Crippen LogP contribution in [0.25, 0.3) is 28.4 Å². The Balaban J connectivity index is 1.07. The van der Waals surface area contributed by atoms with E-state index in [2.05, 4.69) is 25.0 Å². The maximum atomic E-state index is 15.1. The Morgan fingerprint density at radius 2 is 1.86 bits per heavy atom. The fourth-order valence-corrected chi connectivity index (χ4v) is 5.14. The number of carbonyl (C=O) groups is 1. The summed E-state index contributed by atoms with van der Waals surface area (Å²) in [6.45, 7) is 5.65. The van der Waals surface area contributed by atoms with Crippen molar-refractivity contribution in [2.75, 3.05) is 77.6 Å². The molecular formula is C28H34FN11O2. The monoisotopic (exact) mass is 575 g/mol. The summed E-state index contributed by atoms with van der Waals surface area (Å²) in [5.74, 6) is 0.612. The highest BCUT2D eigenvalue weighted by Crippen LogP contribution is 2.24. The smallest absolute Gasteiger partial charge is 0.253 e. The minimum absolute atomic E-state index is 0.182. The van der Waals surface area contributed by atoms with Crippen LogP contribution >= 0.6 is 0 Å². The molecule has 6 rings (SSSR count). The van der Waals surface area contributed by atoms with E-state index in [0.717, 1.165) is 26.2 Å². The van der Waals surface area contributed by atoms with Crippen LogP contribution < -0.4 is 10.6 Å². The zero-order chi connectivity index (χ0) is 29.4. The molecule has 0 aliphatic carbocycles. The topological polar surface area (TPSA) is 130 Å². The highest BCUT2D eigenvalue weighted by atomic mass is 19.1. The average molecular weight is 576 g/mol. The molecule has 4 aromatic heterocycles. The zero-order valence-electron chi connectivity index (χ0n) is 23.9. The van der Waals surface area contributed by atoms with Crippen LogP contribution in [0.1, 0.15) is 10.4 Å². The number of benzene rings is 1. The molecule has 2 N–H and O–H groups in total. The van der Waals surface area contributed by atoms with Crippen LogP contribution in [0.15, 0.2) is 47.3 Å². The number of likely N-dealkylation sites (N-methyl/N-ethyl adjacent to an activating group) is 2. The number of nitrogen functional groups attached to an aromatic ring is 1. The van der Waals surface area contributed by atoms with Gasteiger partial charge in [0, 0.05) is 65.0 Å². The third-order valence-corrected chi connectivity index (χ3v) is 7.60. The number of hydrogen-bond donors (Lipinski definition) is 1. The molecule has 1 saturated heterocycles. The van der Waals surface area contributed by atoms with E-state index >= 15 is 4.39 Å². The van der Waals surface area contributed by atoms with Crippen molar-refractivity contribution in [2.24, 2.45) is 0 Å². The average Bonchev–Trinajstić information content (AvgIpc) is 3.75. The van der Waals surface area contributed by atoms with Crippen molar-refractivity contribution < 1.29 is 13.6 Å². The molecule has 5 aromatic rings. The first kappa shape index (κ1) is 27.6. The summed E-state index contributed by atoms with van der Waals surface area (Å²) in [6, 6.07) is 8.34. The van der Waals surface area contributed by atoms with Crippen molar-refractivity contribution in [2.45, 2.75) is 6.54 Å². The highest BCUT2D eigenvalue weighted by molar-refractivity contribution is 5.94. The number of nitrogens with zero attached hydrogens (tertiary/aromatic N) is 10. The van der Waals surface area contributed by atoms with E-state index in [-0.39, 0.29) is 17.7 Å². The molecule has 0 radical (unpaired) electrons. The van der Waals surface area contributed by atoms with Gasteiger partial charge in [0.05, 0.1) is 18.3 Å². The number of piperazine rings is 1. The first-order chi connectivity index (χ1) is 20.3. The van der Waals surface area contributed by atoms with Gasteiger partial charge in [-0.3, -0.25) is 9.69 Å². The molecule has 42 heavy (non-hydrogen) atoms. The largest absolute Gasteiger partial charge is 0.461 e. The zero-order valence-corrected chi connectivity index (χ0v) is 23.9. The molecule has 13 nitrogen and oxygen atoms in total. The van der Waals surface area contributed by atoms with E-state index in [0.29, 0.717) is 65.8 Å². The molecule has 0 atom stereocenters. The van der Waals surface area contributed by atoms with Gasteiger partial charge >= 0.3 is 0 Å². The van der Waals surface area contributed by atoms with E-state index < -0.39 is 0 Å². The molecule has 220 valence electrons. The number of furan rings is 1. The van der Waals surface area contributed by atoms with Crippen molar-refractivity contribution in [3.05, 3.63) is 54.3 Å². The van der Waals surface area contributed by atoms with Gasteiger partial charge in [-0.05, 0) is 44.4 Å². The first-order valence-corrected chi connectivity index (χ1v) is 13.9. The number of hydrogen-bond acceptors (Lipinski definition) is 10. The standard InChI is InChI=1S/C28H34FN11O2/c1-35(2)8-9-36(3)27(41)19-6-7-21(20(29)17-19)38-13-10-37(11-14-38)12-15-39-18-31-23-25(39)33-28(30)40-26(23)32-24(34-40)22-5-4-16-42-22/h4-7,16-18H,8-15H2,1-3H3,(H2,30,33). The van der Waals surface area contributed by atoms with E-state index in [4.69, 9.17) is 10.2 Å².